The molecule has 0 fully saturated rings. The van der Waals surface area contributed by atoms with Gasteiger partial charge in [0.2, 0.25) is 0 Å². The number of hydrogen-bond acceptors (Lipinski definition) is 4. The van der Waals surface area contributed by atoms with Gasteiger partial charge in [0.25, 0.3) is 17.4 Å². The molecule has 4 aromatic rings. The van der Waals surface area contributed by atoms with Crippen LogP contribution in [0.2, 0.25) is 0 Å². The summed E-state index contributed by atoms with van der Waals surface area (Å²) >= 11 is 0. The highest BCUT2D eigenvalue weighted by Crippen LogP contribution is 2.20. The number of hydrazine groups is 1. The molecule has 1 aromatic heterocycles. The van der Waals surface area contributed by atoms with E-state index in [2.05, 4.69) is 16.0 Å². The van der Waals surface area contributed by atoms with Crippen molar-refractivity contribution in [3.63, 3.8) is 0 Å². The lowest BCUT2D eigenvalue weighted by atomic mass is 10.0. The van der Waals surface area contributed by atoms with Gasteiger partial charge in [-0.2, -0.15) is 5.10 Å². The van der Waals surface area contributed by atoms with Gasteiger partial charge in [0.05, 0.1) is 5.39 Å². The van der Waals surface area contributed by atoms with Gasteiger partial charge in [-0.3, -0.25) is 25.2 Å². The molecule has 0 radical (unpaired) electrons. The summed E-state index contributed by atoms with van der Waals surface area (Å²) in [5.74, 6) is -1.11. The molecule has 2 amide bonds. The minimum Gasteiger partial charge on any atom is -0.268 e. The van der Waals surface area contributed by atoms with Gasteiger partial charge in [0.1, 0.15) is 0 Å². The van der Waals surface area contributed by atoms with E-state index in [0.29, 0.717) is 17.3 Å². The van der Waals surface area contributed by atoms with E-state index in [-0.39, 0.29) is 11.3 Å². The zero-order chi connectivity index (χ0) is 23.2. The van der Waals surface area contributed by atoms with Gasteiger partial charge >= 0.3 is 0 Å². The highest BCUT2D eigenvalue weighted by Gasteiger charge is 2.16. The average Bonchev–Trinajstić information content (AvgIpc) is 2.87. The molecule has 0 aliphatic carbocycles. The van der Waals surface area contributed by atoms with Crippen LogP contribution < -0.4 is 16.4 Å². The van der Waals surface area contributed by atoms with Gasteiger partial charge in [-0.15, -0.1) is 0 Å². The molecule has 0 unspecified atom stereocenters. The molecule has 1 heterocycles. The predicted octanol–water partition coefficient (Wildman–Crippen LogP) is 3.56. The molecule has 0 spiro atoms. The minimum atomic E-state index is -0.610. The van der Waals surface area contributed by atoms with E-state index in [1.165, 1.54) is 10.8 Å². The van der Waals surface area contributed by atoms with Gasteiger partial charge in [-0.05, 0) is 41.8 Å². The highest BCUT2D eigenvalue weighted by molar-refractivity contribution is 6.05. The summed E-state index contributed by atoms with van der Waals surface area (Å²) in [4.78, 5) is 37.4. The summed E-state index contributed by atoms with van der Waals surface area (Å²) in [7, 11) is 0. The summed E-state index contributed by atoms with van der Waals surface area (Å²) in [6, 6.07) is 24.5. The third-order valence-corrected chi connectivity index (χ3v) is 5.10. The zero-order valence-corrected chi connectivity index (χ0v) is 18.0. The van der Waals surface area contributed by atoms with Crippen LogP contribution in [0.15, 0.2) is 89.7 Å². The van der Waals surface area contributed by atoms with Crippen molar-refractivity contribution in [3.8, 4) is 11.1 Å². The largest absolute Gasteiger partial charge is 0.290 e. The SMILES string of the molecule is CCn1nc(C(=O)NNC(=O)C=Cc2cccc(-c3ccccc3)c2)c2ccccc2c1=O. The van der Waals surface area contributed by atoms with Crippen LogP contribution in [0.3, 0.4) is 0 Å². The van der Waals surface area contributed by atoms with Gasteiger partial charge in [-0.1, -0.05) is 66.7 Å². The Morgan fingerprint density at radius 2 is 1.58 bits per heavy atom. The van der Waals surface area contributed by atoms with Crippen LogP contribution in [0.1, 0.15) is 23.0 Å². The van der Waals surface area contributed by atoms with E-state index in [4.69, 9.17) is 0 Å². The Morgan fingerprint density at radius 3 is 2.33 bits per heavy atom. The fourth-order valence-corrected chi connectivity index (χ4v) is 3.46. The lowest BCUT2D eigenvalue weighted by Gasteiger charge is -2.10. The first kappa shape index (κ1) is 21.7. The molecule has 4 rings (SSSR count). The first-order chi connectivity index (χ1) is 16.1. The van der Waals surface area contributed by atoms with Crippen LogP contribution in [0.4, 0.5) is 0 Å². The van der Waals surface area contributed by atoms with Crippen LogP contribution in [0.25, 0.3) is 28.0 Å². The highest BCUT2D eigenvalue weighted by atomic mass is 16.2. The summed E-state index contributed by atoms with van der Waals surface area (Å²) in [6.07, 6.45) is 3.00. The number of carbonyl (C=O) groups excluding carboxylic acids is 2. The van der Waals surface area contributed by atoms with E-state index in [1.54, 1.807) is 37.3 Å². The average molecular weight is 438 g/mol. The standard InChI is InChI=1S/C26H22N4O3/c1-2-30-26(33)22-14-7-6-13-21(22)24(29-30)25(32)28-27-23(31)16-15-18-9-8-12-20(17-18)19-10-4-3-5-11-19/h3-17H,2H2,1H3,(H,27,31)(H,28,32). The molecule has 0 bridgehead atoms. The number of fused-ring (bicyclic) bond motifs is 1. The Bertz CT molecular complexity index is 1410. The molecule has 164 valence electrons. The fourth-order valence-electron chi connectivity index (χ4n) is 3.46. The van der Waals surface area contributed by atoms with Crippen LogP contribution >= 0.6 is 0 Å². The zero-order valence-electron chi connectivity index (χ0n) is 18.0. The molecule has 7 nitrogen and oxygen atoms in total. The molecule has 0 atom stereocenters. The molecule has 0 aliphatic heterocycles. The molecule has 33 heavy (non-hydrogen) atoms. The minimum absolute atomic E-state index is 0.0619. The van der Waals surface area contributed by atoms with Crippen LogP contribution in [-0.4, -0.2) is 21.6 Å². The first-order valence-electron chi connectivity index (χ1n) is 10.5. The number of benzene rings is 3. The van der Waals surface area contributed by atoms with Gasteiger partial charge in [-0.25, -0.2) is 4.68 Å². The second-order valence-electron chi connectivity index (χ2n) is 7.28. The van der Waals surface area contributed by atoms with E-state index >= 15 is 0 Å². The number of carbonyl (C=O) groups is 2. The van der Waals surface area contributed by atoms with Crippen molar-refractivity contribution in [2.75, 3.05) is 0 Å². The van der Waals surface area contributed by atoms with Crippen LogP contribution in [0, 0.1) is 0 Å². The lowest BCUT2D eigenvalue weighted by Crippen LogP contribution is -2.42. The number of aryl methyl sites for hydroxylation is 1. The van der Waals surface area contributed by atoms with E-state index in [9.17, 15) is 14.4 Å². The second kappa shape index (κ2) is 9.74. The van der Waals surface area contributed by atoms with Crippen molar-refractivity contribution in [2.45, 2.75) is 13.5 Å². The predicted molar refractivity (Wildman–Crippen MR) is 128 cm³/mol. The van der Waals surface area contributed by atoms with Gasteiger partial charge < -0.3 is 0 Å². The quantitative estimate of drug-likeness (QED) is 0.368. The van der Waals surface area contributed by atoms with Crippen molar-refractivity contribution in [1.82, 2.24) is 20.6 Å². The van der Waals surface area contributed by atoms with Crippen molar-refractivity contribution in [2.24, 2.45) is 0 Å². The fraction of sp³-hybridized carbons (Fsp3) is 0.0769. The van der Waals surface area contributed by atoms with Crippen LogP contribution in [0.5, 0.6) is 0 Å². The maximum absolute atomic E-state index is 12.7. The molecule has 7 heteroatoms. The van der Waals surface area contributed by atoms with E-state index in [0.717, 1.165) is 16.7 Å². The van der Waals surface area contributed by atoms with E-state index < -0.39 is 11.8 Å². The van der Waals surface area contributed by atoms with Crippen molar-refractivity contribution in [1.29, 1.82) is 0 Å². The summed E-state index contributed by atoms with van der Waals surface area (Å²) < 4.78 is 1.22. The van der Waals surface area contributed by atoms with Crippen molar-refractivity contribution >= 4 is 28.7 Å². The normalized spacial score (nSPS) is 10.9. The molecule has 0 saturated heterocycles. The molecular formula is C26H22N4O3. The number of nitrogens with zero attached hydrogens (tertiary/aromatic N) is 2. The Hall–Kier alpha value is -4.52. The number of rotatable bonds is 5. The number of amides is 2. The van der Waals surface area contributed by atoms with E-state index in [1.807, 2.05) is 54.6 Å². The summed E-state index contributed by atoms with van der Waals surface area (Å²) in [5.41, 5.74) is 7.49. The monoisotopic (exact) mass is 438 g/mol. The number of aromatic nitrogens is 2. The number of nitrogens with one attached hydrogen (secondary N) is 2. The third kappa shape index (κ3) is 4.88. The number of hydrogen-bond donors (Lipinski definition) is 2. The third-order valence-electron chi connectivity index (χ3n) is 5.10. The summed E-state index contributed by atoms with van der Waals surface area (Å²) in [6.45, 7) is 2.09. The Kier molecular flexibility index (Phi) is 6.40. The molecule has 0 saturated carbocycles. The smallest absolute Gasteiger partial charge is 0.268 e. The maximum Gasteiger partial charge on any atom is 0.290 e. The Balaban J connectivity index is 1.46. The maximum atomic E-state index is 12.7. The molecule has 3 aromatic carbocycles. The van der Waals surface area contributed by atoms with Crippen molar-refractivity contribution < 1.29 is 9.59 Å². The molecule has 0 aliphatic rings. The Labute approximate surface area is 190 Å². The van der Waals surface area contributed by atoms with Crippen LogP contribution in [-0.2, 0) is 11.3 Å². The summed E-state index contributed by atoms with van der Waals surface area (Å²) in [5, 5.41) is 4.97. The Morgan fingerprint density at radius 1 is 0.879 bits per heavy atom. The molecule has 2 N–H and O–H groups in total. The van der Waals surface area contributed by atoms with Gasteiger partial charge in [0, 0.05) is 18.0 Å². The van der Waals surface area contributed by atoms with Gasteiger partial charge in [0.15, 0.2) is 5.69 Å². The first-order valence-corrected chi connectivity index (χ1v) is 10.5. The lowest BCUT2D eigenvalue weighted by molar-refractivity contribution is -0.117. The van der Waals surface area contributed by atoms with Crippen molar-refractivity contribution in [3.05, 3.63) is 107 Å². The topological polar surface area (TPSA) is 93.1 Å². The molecular weight excluding hydrogens is 416 g/mol. The second-order valence-corrected chi connectivity index (χ2v) is 7.28.